The molecule has 0 saturated carbocycles. The fourth-order valence-electron chi connectivity index (χ4n) is 6.65. The Morgan fingerprint density at radius 1 is 0.925 bits per heavy atom. The molecule has 0 amide bonds. The summed E-state index contributed by atoms with van der Waals surface area (Å²) in [6.07, 6.45) is 7.02. The van der Waals surface area contributed by atoms with Gasteiger partial charge in [0, 0.05) is 25.7 Å². The number of quaternary nitrogens is 1. The van der Waals surface area contributed by atoms with Gasteiger partial charge < -0.3 is 14.1 Å². The monoisotopic (exact) mass is 571 g/mol. The Bertz CT molecular complexity index is 1170. The minimum Gasteiger partial charge on any atom is -0.488 e. The van der Waals surface area contributed by atoms with Crippen molar-refractivity contribution in [1.82, 2.24) is 0 Å². The third-order valence-corrected chi connectivity index (χ3v) is 11.6. The summed E-state index contributed by atoms with van der Waals surface area (Å²) >= 11 is 0. The Kier molecular flexibility index (Phi) is 11.5. The molecule has 0 fully saturated rings. The van der Waals surface area contributed by atoms with Gasteiger partial charge in [0.2, 0.25) is 0 Å². The Morgan fingerprint density at radius 2 is 1.57 bits per heavy atom. The number of sulfone groups is 1. The van der Waals surface area contributed by atoms with E-state index in [0.29, 0.717) is 11.5 Å². The minimum atomic E-state index is -3.43. The van der Waals surface area contributed by atoms with Crippen molar-refractivity contribution in [2.45, 2.75) is 90.4 Å². The lowest BCUT2D eigenvalue weighted by Crippen LogP contribution is -2.49. The van der Waals surface area contributed by atoms with Crippen LogP contribution in [0.4, 0.5) is 5.69 Å². The fraction of sp³-hybridized carbons (Fsp3) is 0.647. The third kappa shape index (κ3) is 7.61. The Morgan fingerprint density at radius 3 is 2.15 bits per heavy atom. The number of unbranched alkanes of at least 4 members (excludes halogenated alkanes) is 2. The summed E-state index contributed by atoms with van der Waals surface area (Å²) < 4.78 is 35.5. The molecule has 40 heavy (non-hydrogen) atoms. The molecule has 3 rings (SSSR count). The van der Waals surface area contributed by atoms with E-state index in [4.69, 9.17) is 4.74 Å². The van der Waals surface area contributed by atoms with Gasteiger partial charge >= 0.3 is 0 Å². The van der Waals surface area contributed by atoms with Crippen molar-refractivity contribution in [2.75, 3.05) is 57.5 Å². The Hall–Kier alpha value is -2.05. The molecule has 2 aromatic rings. The number of nitrogens with zero attached hydrogens (tertiary/aromatic N) is 2. The number of hydrogen-bond acceptors (Lipinski definition) is 4. The summed E-state index contributed by atoms with van der Waals surface area (Å²) in [6, 6.07) is 14.4. The number of rotatable bonds is 15. The van der Waals surface area contributed by atoms with Crippen molar-refractivity contribution in [1.29, 1.82) is 0 Å². The third-order valence-electron chi connectivity index (χ3n) is 9.58. The van der Waals surface area contributed by atoms with Crippen LogP contribution in [0.5, 0.6) is 5.75 Å². The number of fused-ring (bicyclic) bond motifs is 1. The van der Waals surface area contributed by atoms with Crippen molar-refractivity contribution < 1.29 is 17.6 Å². The van der Waals surface area contributed by atoms with Gasteiger partial charge in [0.25, 0.3) is 0 Å². The normalized spacial score (nSPS) is 18.1. The molecule has 0 aromatic heterocycles. The summed E-state index contributed by atoms with van der Waals surface area (Å²) in [4.78, 5) is 2.58. The highest BCUT2D eigenvalue weighted by Gasteiger charge is 2.43. The molecule has 0 saturated heterocycles. The molecule has 0 aliphatic carbocycles. The van der Waals surface area contributed by atoms with Crippen LogP contribution in [-0.4, -0.2) is 65.5 Å². The van der Waals surface area contributed by atoms with Crippen LogP contribution in [0.3, 0.4) is 0 Å². The van der Waals surface area contributed by atoms with Crippen molar-refractivity contribution in [3.63, 3.8) is 0 Å². The van der Waals surface area contributed by atoms with Crippen LogP contribution >= 0.6 is 0 Å². The van der Waals surface area contributed by atoms with Crippen LogP contribution in [0.1, 0.15) is 96.6 Å². The maximum Gasteiger partial charge on any atom is 0.179 e. The lowest BCUT2D eigenvalue weighted by Gasteiger charge is -2.36. The van der Waals surface area contributed by atoms with E-state index < -0.39 is 9.84 Å². The van der Waals surface area contributed by atoms with Gasteiger partial charge in [0.15, 0.2) is 9.84 Å². The van der Waals surface area contributed by atoms with Crippen molar-refractivity contribution >= 4 is 15.5 Å². The first-order valence-corrected chi connectivity index (χ1v) is 17.3. The van der Waals surface area contributed by atoms with Crippen LogP contribution in [0, 0.1) is 5.41 Å². The second-order valence-electron chi connectivity index (χ2n) is 12.3. The number of ether oxygens (including phenoxy) is 1. The first-order valence-electron chi connectivity index (χ1n) is 15.7. The first-order chi connectivity index (χ1) is 19.1. The summed E-state index contributed by atoms with van der Waals surface area (Å²) in [5, 5.41) is 0. The molecule has 0 radical (unpaired) electrons. The van der Waals surface area contributed by atoms with Gasteiger partial charge in [-0.3, -0.25) is 0 Å². The lowest BCUT2D eigenvalue weighted by atomic mass is 9.70. The van der Waals surface area contributed by atoms with Crippen LogP contribution < -0.4 is 9.64 Å². The summed E-state index contributed by atoms with van der Waals surface area (Å²) in [7, 11) is 0.605. The molecule has 1 heterocycles. The quantitative estimate of drug-likeness (QED) is 0.206. The lowest BCUT2D eigenvalue weighted by molar-refractivity contribution is -0.923. The van der Waals surface area contributed by atoms with Crippen molar-refractivity contribution in [2.24, 2.45) is 5.41 Å². The molecule has 5 nitrogen and oxygen atoms in total. The van der Waals surface area contributed by atoms with Crippen LogP contribution in [-0.2, 0) is 9.84 Å². The van der Waals surface area contributed by atoms with Gasteiger partial charge in [-0.05, 0) is 86.9 Å². The van der Waals surface area contributed by atoms with Gasteiger partial charge in [0.05, 0.1) is 30.3 Å². The van der Waals surface area contributed by atoms with Gasteiger partial charge in [-0.2, -0.15) is 0 Å². The van der Waals surface area contributed by atoms with Gasteiger partial charge in [0.1, 0.15) is 18.9 Å². The smallest absolute Gasteiger partial charge is 0.179 e. The summed E-state index contributed by atoms with van der Waals surface area (Å²) in [5.41, 5.74) is 2.90. The molecule has 1 aliphatic rings. The first kappa shape index (κ1) is 32.5. The van der Waals surface area contributed by atoms with Crippen LogP contribution in [0.2, 0.25) is 0 Å². The van der Waals surface area contributed by atoms with Gasteiger partial charge in [-0.1, -0.05) is 51.7 Å². The van der Waals surface area contributed by atoms with E-state index in [1.54, 1.807) is 0 Å². The SMILES string of the molecule is CCCCC1(CCCC)CC(c2cccc(OCC[N+](CC)(CC)CC)c2)c2cc(N(C)C)ccc2S(=O)(=O)C1. The van der Waals surface area contributed by atoms with E-state index in [9.17, 15) is 8.42 Å². The molecule has 0 bridgehead atoms. The molecule has 0 spiro atoms. The minimum absolute atomic E-state index is 0.00114. The van der Waals surface area contributed by atoms with Crippen molar-refractivity contribution in [3.8, 4) is 5.75 Å². The molecular weight excluding hydrogens is 516 g/mol. The molecule has 0 N–H and O–H groups in total. The molecule has 1 atom stereocenters. The zero-order chi connectivity index (χ0) is 29.4. The zero-order valence-corrected chi connectivity index (χ0v) is 27.2. The zero-order valence-electron chi connectivity index (χ0n) is 26.3. The second-order valence-corrected chi connectivity index (χ2v) is 14.2. The number of hydrogen-bond donors (Lipinski definition) is 0. The average Bonchev–Trinajstić information content (AvgIpc) is 3.05. The average molecular weight is 572 g/mol. The molecule has 224 valence electrons. The van der Waals surface area contributed by atoms with E-state index in [1.807, 2.05) is 32.3 Å². The fourth-order valence-corrected chi connectivity index (χ4v) is 8.85. The second kappa shape index (κ2) is 14.2. The van der Waals surface area contributed by atoms with E-state index in [2.05, 4.69) is 63.8 Å². The Balaban J connectivity index is 2.08. The highest BCUT2D eigenvalue weighted by Crippen LogP contribution is 2.50. The number of benzene rings is 2. The molecule has 1 unspecified atom stereocenters. The predicted molar refractivity (Wildman–Crippen MR) is 169 cm³/mol. The predicted octanol–water partition coefficient (Wildman–Crippen LogP) is 7.68. The van der Waals surface area contributed by atoms with E-state index in [1.165, 1.54) is 0 Å². The maximum absolute atomic E-state index is 14.0. The standard InChI is InChI=1S/C34H55N2O3S/c1-8-13-20-34(21-14-9-2)26-32(31-25-29(35(6)7)18-19-33(31)40(37,38)27-34)28-16-15-17-30(24-28)39-23-22-36(10-3,11-4)12-5/h15-19,24-25,32H,8-14,20-23,26-27H2,1-7H3/q+1. The largest absolute Gasteiger partial charge is 0.488 e. The summed E-state index contributed by atoms with van der Waals surface area (Å²) in [5.74, 6) is 1.12. The Labute approximate surface area is 245 Å². The summed E-state index contributed by atoms with van der Waals surface area (Å²) in [6.45, 7) is 16.2. The highest BCUT2D eigenvalue weighted by atomic mass is 32.2. The number of likely N-dealkylation sites (N-methyl/N-ethyl adjacent to an activating group) is 1. The molecule has 2 aromatic carbocycles. The van der Waals surface area contributed by atoms with Gasteiger partial charge in [-0.15, -0.1) is 0 Å². The molecule has 6 heteroatoms. The highest BCUT2D eigenvalue weighted by molar-refractivity contribution is 7.91. The van der Waals surface area contributed by atoms with E-state index in [0.717, 1.165) is 98.2 Å². The topological polar surface area (TPSA) is 46.6 Å². The van der Waals surface area contributed by atoms with Crippen LogP contribution in [0.15, 0.2) is 47.4 Å². The van der Waals surface area contributed by atoms with E-state index in [-0.39, 0.29) is 17.1 Å². The number of anilines is 1. The molecule has 1 aliphatic heterocycles. The maximum atomic E-state index is 14.0. The van der Waals surface area contributed by atoms with Crippen LogP contribution in [0.25, 0.3) is 0 Å². The van der Waals surface area contributed by atoms with Gasteiger partial charge in [-0.25, -0.2) is 8.42 Å². The van der Waals surface area contributed by atoms with Crippen molar-refractivity contribution in [3.05, 3.63) is 53.6 Å². The van der Waals surface area contributed by atoms with E-state index >= 15 is 0 Å². The molecular formula is C34H55N2O3S+.